The van der Waals surface area contributed by atoms with Gasteiger partial charge in [-0.2, -0.15) is 0 Å². The van der Waals surface area contributed by atoms with E-state index in [0.29, 0.717) is 19.4 Å². The van der Waals surface area contributed by atoms with Crippen LogP contribution >= 0.6 is 0 Å². The Bertz CT molecular complexity index is 994. The van der Waals surface area contributed by atoms with Gasteiger partial charge < -0.3 is 14.6 Å². The van der Waals surface area contributed by atoms with Crippen LogP contribution in [0.25, 0.3) is 11.1 Å². The van der Waals surface area contributed by atoms with E-state index in [0.717, 1.165) is 37.9 Å². The lowest BCUT2D eigenvalue weighted by atomic mass is 9.93. The summed E-state index contributed by atoms with van der Waals surface area (Å²) >= 11 is 0. The molecule has 1 N–H and O–H groups in total. The Labute approximate surface area is 222 Å². The van der Waals surface area contributed by atoms with Gasteiger partial charge in [-0.15, -0.1) is 0 Å². The fraction of sp³-hybridized carbons (Fsp3) is 0.531. The van der Waals surface area contributed by atoms with Crippen molar-refractivity contribution in [2.75, 3.05) is 20.2 Å². The molecule has 2 aromatic carbocycles. The molecule has 1 aliphatic heterocycles. The Hall–Kier alpha value is -2.47. The summed E-state index contributed by atoms with van der Waals surface area (Å²) in [6.07, 6.45) is 11.4. The lowest BCUT2D eigenvalue weighted by molar-refractivity contribution is -0.140. The van der Waals surface area contributed by atoms with Gasteiger partial charge in [-0.1, -0.05) is 72.7 Å². The second kappa shape index (κ2) is 13.9. The number of aliphatic hydroxyl groups is 1. The van der Waals surface area contributed by atoms with Gasteiger partial charge in [-0.3, -0.25) is 9.69 Å². The van der Waals surface area contributed by atoms with Gasteiger partial charge in [-0.05, 0) is 68.8 Å². The second-order valence-electron chi connectivity index (χ2n) is 10.6. The van der Waals surface area contributed by atoms with Crippen molar-refractivity contribution in [1.29, 1.82) is 0 Å². The van der Waals surface area contributed by atoms with Crippen LogP contribution in [0.15, 0.2) is 60.7 Å². The first-order valence-corrected chi connectivity index (χ1v) is 14.0. The molecule has 1 saturated heterocycles. The van der Waals surface area contributed by atoms with Crippen molar-refractivity contribution in [2.45, 2.75) is 83.1 Å². The Morgan fingerprint density at radius 2 is 1.68 bits per heavy atom. The Morgan fingerprint density at radius 3 is 2.35 bits per heavy atom. The minimum Gasteiger partial charge on any atom is -0.469 e. The third-order valence-corrected chi connectivity index (χ3v) is 7.95. The molecule has 1 aliphatic carbocycles. The van der Waals surface area contributed by atoms with E-state index in [1.54, 1.807) is 0 Å². The molecule has 1 saturated carbocycles. The van der Waals surface area contributed by atoms with Crippen LogP contribution in [0.4, 0.5) is 0 Å². The molecular weight excluding hydrogens is 462 g/mol. The largest absolute Gasteiger partial charge is 0.469 e. The highest BCUT2D eigenvalue weighted by atomic mass is 16.5. The fourth-order valence-electron chi connectivity index (χ4n) is 5.85. The number of benzene rings is 2. The summed E-state index contributed by atoms with van der Waals surface area (Å²) in [5, 5.41) is 11.1. The van der Waals surface area contributed by atoms with Gasteiger partial charge in [0.15, 0.2) is 0 Å². The van der Waals surface area contributed by atoms with Crippen molar-refractivity contribution < 1.29 is 19.4 Å². The van der Waals surface area contributed by atoms with Crippen LogP contribution in [0.2, 0.25) is 0 Å². The van der Waals surface area contributed by atoms with Crippen molar-refractivity contribution in [3.8, 4) is 11.1 Å². The number of methoxy groups -OCH3 is 1. The highest BCUT2D eigenvalue weighted by Gasteiger charge is 2.45. The van der Waals surface area contributed by atoms with Gasteiger partial charge in [0.05, 0.1) is 25.9 Å². The molecule has 37 heavy (non-hydrogen) atoms. The van der Waals surface area contributed by atoms with Crippen LogP contribution in [-0.2, 0) is 20.9 Å². The molecule has 0 aromatic heterocycles. The molecule has 0 amide bonds. The summed E-state index contributed by atoms with van der Waals surface area (Å²) in [6.45, 7) is 4.79. The van der Waals surface area contributed by atoms with E-state index >= 15 is 0 Å². The van der Waals surface area contributed by atoms with E-state index < -0.39 is 0 Å². The van der Waals surface area contributed by atoms with E-state index in [9.17, 15) is 9.90 Å². The molecule has 0 spiro atoms. The molecule has 2 fully saturated rings. The van der Waals surface area contributed by atoms with Crippen LogP contribution in [0.1, 0.15) is 62.5 Å². The molecule has 200 valence electrons. The maximum absolute atomic E-state index is 11.3. The summed E-state index contributed by atoms with van der Waals surface area (Å²) in [5.41, 5.74) is 4.85. The number of unbranched alkanes of at least 4 members (excludes halogenated alkanes) is 1. The Balaban J connectivity index is 1.37. The predicted molar refractivity (Wildman–Crippen MR) is 148 cm³/mol. The van der Waals surface area contributed by atoms with Crippen LogP contribution in [-0.4, -0.2) is 54.4 Å². The highest BCUT2D eigenvalue weighted by Crippen LogP contribution is 2.37. The zero-order chi connectivity index (χ0) is 26.0. The number of piperidine rings is 1. The monoisotopic (exact) mass is 505 g/mol. The third kappa shape index (κ3) is 7.76. The fourth-order valence-corrected chi connectivity index (χ4v) is 5.85. The van der Waals surface area contributed by atoms with Gasteiger partial charge in [0.1, 0.15) is 0 Å². The smallest absolute Gasteiger partial charge is 0.305 e. The SMILES string of the molecule is COC(=O)CCCC=CC[C@@H]1[C@@H](N2CCCCC2)[C@H](O)C[C@@H]1OCc1ccc(-c2ccc(C)cc2)cc1. The number of rotatable bonds is 11. The average molecular weight is 506 g/mol. The van der Waals surface area contributed by atoms with Gasteiger partial charge >= 0.3 is 5.97 Å². The predicted octanol–water partition coefficient (Wildman–Crippen LogP) is 6.07. The first kappa shape index (κ1) is 27.6. The molecule has 5 heteroatoms. The van der Waals surface area contributed by atoms with Crippen LogP contribution in [0, 0.1) is 12.8 Å². The highest BCUT2D eigenvalue weighted by molar-refractivity contribution is 5.69. The molecular formula is C32H43NO4. The first-order chi connectivity index (χ1) is 18.0. The molecule has 0 bridgehead atoms. The zero-order valence-corrected chi connectivity index (χ0v) is 22.5. The van der Waals surface area contributed by atoms with Crippen molar-refractivity contribution in [3.63, 3.8) is 0 Å². The molecule has 0 radical (unpaired) electrons. The van der Waals surface area contributed by atoms with Crippen LogP contribution < -0.4 is 0 Å². The standard InChI is InChI=1S/C32H43NO4/c1-24-12-16-26(17-13-24)27-18-14-25(15-19-27)23-37-30-22-29(34)32(33-20-8-5-9-21-33)28(30)10-6-3-4-7-11-31(35)36-2/h3,6,12-19,28-30,32,34H,4-5,7-11,20-23H2,1-2H3/t28-,29+,30-,32+/m0/s1. The van der Waals surface area contributed by atoms with E-state index in [-0.39, 0.29) is 30.1 Å². The number of esters is 1. The summed E-state index contributed by atoms with van der Waals surface area (Å²) in [4.78, 5) is 13.9. The van der Waals surface area contributed by atoms with Crippen molar-refractivity contribution in [2.24, 2.45) is 5.92 Å². The van der Waals surface area contributed by atoms with E-state index in [2.05, 4.69) is 72.5 Å². The lowest BCUT2D eigenvalue weighted by Crippen LogP contribution is -2.47. The van der Waals surface area contributed by atoms with E-state index in [1.807, 2.05) is 0 Å². The molecule has 0 unspecified atom stereocenters. The number of nitrogens with zero attached hydrogens (tertiary/aromatic N) is 1. The molecule has 5 nitrogen and oxygen atoms in total. The van der Waals surface area contributed by atoms with Crippen molar-refractivity contribution in [3.05, 3.63) is 71.8 Å². The number of hydrogen-bond donors (Lipinski definition) is 1. The lowest BCUT2D eigenvalue weighted by Gasteiger charge is -2.37. The number of carbonyl (C=O) groups excluding carboxylic acids is 1. The summed E-state index contributed by atoms with van der Waals surface area (Å²) in [7, 11) is 1.43. The minimum atomic E-state index is -0.357. The van der Waals surface area contributed by atoms with Gasteiger partial charge in [0, 0.05) is 24.8 Å². The summed E-state index contributed by atoms with van der Waals surface area (Å²) < 4.78 is 11.2. The Kier molecular flexibility index (Phi) is 10.4. The number of aryl methyl sites for hydroxylation is 1. The number of likely N-dealkylation sites (tertiary alicyclic amines) is 1. The molecule has 4 atom stereocenters. The number of ether oxygens (including phenoxy) is 2. The van der Waals surface area contributed by atoms with E-state index in [4.69, 9.17) is 9.47 Å². The maximum Gasteiger partial charge on any atom is 0.305 e. The molecule has 2 aromatic rings. The topological polar surface area (TPSA) is 59.0 Å². The number of hydrogen-bond acceptors (Lipinski definition) is 5. The van der Waals surface area contributed by atoms with Gasteiger partial charge in [0.25, 0.3) is 0 Å². The van der Waals surface area contributed by atoms with Gasteiger partial charge in [-0.25, -0.2) is 0 Å². The number of aliphatic hydroxyl groups excluding tert-OH is 1. The zero-order valence-electron chi connectivity index (χ0n) is 22.5. The number of allylic oxidation sites excluding steroid dienone is 2. The summed E-state index contributed by atoms with van der Waals surface area (Å²) in [6, 6.07) is 17.4. The normalized spacial score (nSPS) is 24.5. The van der Waals surface area contributed by atoms with Crippen LogP contribution in [0.3, 0.4) is 0 Å². The number of carbonyl (C=O) groups is 1. The van der Waals surface area contributed by atoms with Crippen molar-refractivity contribution in [1.82, 2.24) is 4.90 Å². The molecule has 4 rings (SSSR count). The van der Waals surface area contributed by atoms with E-state index in [1.165, 1.54) is 43.1 Å². The Morgan fingerprint density at radius 1 is 1.00 bits per heavy atom. The molecule has 2 aliphatic rings. The second-order valence-corrected chi connectivity index (χ2v) is 10.6. The average Bonchev–Trinajstić information content (AvgIpc) is 3.25. The minimum absolute atomic E-state index is 0.0263. The first-order valence-electron chi connectivity index (χ1n) is 14.0. The van der Waals surface area contributed by atoms with Gasteiger partial charge in [0.2, 0.25) is 0 Å². The maximum atomic E-state index is 11.3. The molecule has 1 heterocycles. The van der Waals surface area contributed by atoms with Crippen LogP contribution in [0.5, 0.6) is 0 Å². The van der Waals surface area contributed by atoms with Crippen molar-refractivity contribution >= 4 is 5.97 Å². The summed E-state index contributed by atoms with van der Waals surface area (Å²) in [5.74, 6) is 0.106. The third-order valence-electron chi connectivity index (χ3n) is 7.95. The quantitative estimate of drug-likeness (QED) is 0.228.